The summed E-state index contributed by atoms with van der Waals surface area (Å²) in [5, 5.41) is 0. The van der Waals surface area contributed by atoms with Gasteiger partial charge in [-0.3, -0.25) is 4.79 Å². The minimum absolute atomic E-state index is 0.172. The fourth-order valence-corrected chi connectivity index (χ4v) is 2.16. The summed E-state index contributed by atoms with van der Waals surface area (Å²) in [4.78, 5) is 15.8. The van der Waals surface area contributed by atoms with Crippen LogP contribution in [-0.4, -0.2) is 37.5 Å². The molecule has 5 heteroatoms. The predicted octanol–water partition coefficient (Wildman–Crippen LogP) is 0.910. The maximum atomic E-state index is 12.0. The number of likely N-dealkylation sites (N-methyl/N-ethyl adjacent to an activating group) is 1. The van der Waals surface area contributed by atoms with Crippen LogP contribution in [0.3, 0.4) is 0 Å². The lowest BCUT2D eigenvalue weighted by Gasteiger charge is -2.23. The van der Waals surface area contributed by atoms with Gasteiger partial charge in [0.15, 0.2) is 0 Å². The number of carbonyl (C=O) groups is 1. The van der Waals surface area contributed by atoms with Crippen LogP contribution in [0.1, 0.15) is 12.8 Å². The van der Waals surface area contributed by atoms with Crippen molar-refractivity contribution in [1.29, 1.82) is 0 Å². The monoisotopic (exact) mass is 248 g/mol. The van der Waals surface area contributed by atoms with Gasteiger partial charge < -0.3 is 21.3 Å². The first kappa shape index (κ1) is 12.5. The Morgan fingerprint density at radius 2 is 1.94 bits per heavy atom. The van der Waals surface area contributed by atoms with E-state index in [-0.39, 0.29) is 5.91 Å². The number of hydrogen-bond donors (Lipinski definition) is 2. The Bertz CT molecular complexity index is 441. The van der Waals surface area contributed by atoms with E-state index in [1.54, 1.807) is 12.1 Å². The summed E-state index contributed by atoms with van der Waals surface area (Å²) in [6.45, 7) is 2.15. The molecular weight excluding hydrogens is 228 g/mol. The molecule has 0 radical (unpaired) electrons. The van der Waals surface area contributed by atoms with Crippen molar-refractivity contribution in [3.63, 3.8) is 0 Å². The molecule has 0 atom stereocenters. The van der Waals surface area contributed by atoms with Crippen LogP contribution in [0, 0.1) is 0 Å². The molecule has 0 unspecified atom stereocenters. The molecule has 0 aliphatic carbocycles. The summed E-state index contributed by atoms with van der Waals surface area (Å²) in [6.07, 6.45) is 2.23. The third-order valence-corrected chi connectivity index (χ3v) is 3.34. The summed E-state index contributed by atoms with van der Waals surface area (Å²) in [5.41, 5.74) is 13.5. The average Bonchev–Trinajstić information content (AvgIpc) is 2.86. The molecule has 18 heavy (non-hydrogen) atoms. The summed E-state index contributed by atoms with van der Waals surface area (Å²) in [6, 6.07) is 5.44. The SMILES string of the molecule is CN(CC(=O)N1CCCC1)c1ccc(N)c(N)c1. The maximum Gasteiger partial charge on any atom is 0.242 e. The zero-order valence-corrected chi connectivity index (χ0v) is 10.7. The van der Waals surface area contributed by atoms with E-state index in [4.69, 9.17) is 11.5 Å². The van der Waals surface area contributed by atoms with Gasteiger partial charge in [0.05, 0.1) is 17.9 Å². The molecule has 1 aromatic carbocycles. The molecule has 1 fully saturated rings. The van der Waals surface area contributed by atoms with E-state index in [1.807, 2.05) is 22.9 Å². The molecule has 4 N–H and O–H groups in total. The fourth-order valence-electron chi connectivity index (χ4n) is 2.16. The molecule has 2 rings (SSSR count). The number of carbonyl (C=O) groups excluding carboxylic acids is 1. The molecule has 1 aliphatic heterocycles. The third kappa shape index (κ3) is 2.67. The number of nitrogens with two attached hydrogens (primary N) is 2. The molecule has 1 aliphatic rings. The quantitative estimate of drug-likeness (QED) is 0.780. The molecule has 0 bridgehead atoms. The van der Waals surface area contributed by atoms with Crippen LogP contribution in [-0.2, 0) is 4.79 Å². The first-order valence-corrected chi connectivity index (χ1v) is 6.22. The molecule has 1 amide bonds. The van der Waals surface area contributed by atoms with Gasteiger partial charge in [-0.15, -0.1) is 0 Å². The van der Waals surface area contributed by atoms with Crippen LogP contribution in [0.5, 0.6) is 0 Å². The lowest BCUT2D eigenvalue weighted by atomic mass is 10.2. The van der Waals surface area contributed by atoms with E-state index in [0.717, 1.165) is 31.6 Å². The van der Waals surface area contributed by atoms with Gasteiger partial charge in [-0.25, -0.2) is 0 Å². The standard InChI is InChI=1S/C13H20N4O/c1-16(9-13(18)17-6-2-3-7-17)10-4-5-11(14)12(15)8-10/h4-5,8H,2-3,6-7,9,14-15H2,1H3. The topological polar surface area (TPSA) is 75.6 Å². The van der Waals surface area contributed by atoms with E-state index < -0.39 is 0 Å². The second-order valence-electron chi connectivity index (χ2n) is 4.76. The van der Waals surface area contributed by atoms with Crippen molar-refractivity contribution in [1.82, 2.24) is 4.90 Å². The van der Waals surface area contributed by atoms with Gasteiger partial charge in [0.25, 0.3) is 0 Å². The molecule has 0 aromatic heterocycles. The van der Waals surface area contributed by atoms with E-state index in [1.165, 1.54) is 0 Å². The minimum Gasteiger partial charge on any atom is -0.397 e. The molecular formula is C13H20N4O. The Balaban J connectivity index is 2.00. The van der Waals surface area contributed by atoms with E-state index >= 15 is 0 Å². The van der Waals surface area contributed by atoms with Crippen molar-refractivity contribution in [2.75, 3.05) is 43.0 Å². The zero-order valence-electron chi connectivity index (χ0n) is 10.7. The number of likely N-dealkylation sites (tertiary alicyclic amines) is 1. The van der Waals surface area contributed by atoms with Crippen molar-refractivity contribution < 1.29 is 4.79 Å². The van der Waals surface area contributed by atoms with Crippen LogP contribution < -0.4 is 16.4 Å². The van der Waals surface area contributed by atoms with E-state index in [2.05, 4.69) is 0 Å². The maximum absolute atomic E-state index is 12.0. The van der Waals surface area contributed by atoms with Crippen molar-refractivity contribution in [3.05, 3.63) is 18.2 Å². The molecule has 1 saturated heterocycles. The summed E-state index contributed by atoms with van der Waals surface area (Å²) in [5.74, 6) is 0.172. The van der Waals surface area contributed by atoms with Gasteiger partial charge in [0.1, 0.15) is 0 Å². The van der Waals surface area contributed by atoms with Gasteiger partial charge in [0, 0.05) is 25.8 Å². The first-order valence-electron chi connectivity index (χ1n) is 6.22. The van der Waals surface area contributed by atoms with Crippen LogP contribution in [0.25, 0.3) is 0 Å². The third-order valence-electron chi connectivity index (χ3n) is 3.34. The van der Waals surface area contributed by atoms with Gasteiger partial charge in [-0.1, -0.05) is 0 Å². The second-order valence-corrected chi connectivity index (χ2v) is 4.76. The first-order chi connectivity index (χ1) is 8.58. The molecule has 98 valence electrons. The number of amides is 1. The van der Waals surface area contributed by atoms with Crippen LogP contribution in [0.15, 0.2) is 18.2 Å². The van der Waals surface area contributed by atoms with Crippen molar-refractivity contribution in [2.45, 2.75) is 12.8 Å². The van der Waals surface area contributed by atoms with Gasteiger partial charge in [-0.05, 0) is 31.0 Å². The summed E-state index contributed by atoms with van der Waals surface area (Å²) in [7, 11) is 1.89. The number of nitrogen functional groups attached to an aromatic ring is 2. The van der Waals surface area contributed by atoms with Crippen molar-refractivity contribution in [2.24, 2.45) is 0 Å². The Labute approximate surface area is 107 Å². The van der Waals surface area contributed by atoms with Crippen molar-refractivity contribution in [3.8, 4) is 0 Å². The summed E-state index contributed by atoms with van der Waals surface area (Å²) >= 11 is 0. The average molecular weight is 248 g/mol. The summed E-state index contributed by atoms with van der Waals surface area (Å²) < 4.78 is 0. The Kier molecular flexibility index (Phi) is 3.60. The Morgan fingerprint density at radius 1 is 1.28 bits per heavy atom. The van der Waals surface area contributed by atoms with Crippen molar-refractivity contribution >= 4 is 23.0 Å². The highest BCUT2D eigenvalue weighted by molar-refractivity contribution is 5.82. The van der Waals surface area contributed by atoms with E-state index in [0.29, 0.717) is 17.9 Å². The second kappa shape index (κ2) is 5.16. The van der Waals surface area contributed by atoms with Gasteiger partial charge in [-0.2, -0.15) is 0 Å². The number of anilines is 3. The highest BCUT2D eigenvalue weighted by Crippen LogP contribution is 2.22. The lowest BCUT2D eigenvalue weighted by Crippen LogP contribution is -2.37. The van der Waals surface area contributed by atoms with E-state index in [9.17, 15) is 4.79 Å². The number of rotatable bonds is 3. The number of hydrogen-bond acceptors (Lipinski definition) is 4. The molecule has 1 heterocycles. The highest BCUT2D eigenvalue weighted by Gasteiger charge is 2.19. The Hall–Kier alpha value is -1.91. The highest BCUT2D eigenvalue weighted by atomic mass is 16.2. The Morgan fingerprint density at radius 3 is 2.56 bits per heavy atom. The molecule has 1 aromatic rings. The minimum atomic E-state index is 0.172. The predicted molar refractivity (Wildman–Crippen MR) is 74.4 cm³/mol. The largest absolute Gasteiger partial charge is 0.397 e. The fraction of sp³-hybridized carbons (Fsp3) is 0.462. The van der Waals surface area contributed by atoms with Crippen LogP contribution in [0.2, 0.25) is 0 Å². The van der Waals surface area contributed by atoms with Gasteiger partial charge in [0.2, 0.25) is 5.91 Å². The zero-order chi connectivity index (χ0) is 13.1. The number of benzene rings is 1. The molecule has 0 saturated carbocycles. The number of nitrogens with zero attached hydrogens (tertiary/aromatic N) is 2. The van der Waals surface area contributed by atoms with Gasteiger partial charge >= 0.3 is 0 Å². The van der Waals surface area contributed by atoms with Crippen LogP contribution >= 0.6 is 0 Å². The molecule has 5 nitrogen and oxygen atoms in total. The lowest BCUT2D eigenvalue weighted by molar-refractivity contribution is -0.128. The normalized spacial score (nSPS) is 14.8. The molecule has 0 spiro atoms. The van der Waals surface area contributed by atoms with Crippen LogP contribution in [0.4, 0.5) is 17.1 Å². The smallest absolute Gasteiger partial charge is 0.242 e.